The van der Waals surface area contributed by atoms with Gasteiger partial charge in [0.15, 0.2) is 0 Å². The number of hydrogen-bond acceptors (Lipinski definition) is 2. The normalized spacial score (nSPS) is 12.4. The highest BCUT2D eigenvalue weighted by Gasteiger charge is 2.16. The number of hydrogen-bond donors (Lipinski definition) is 1. The van der Waals surface area contributed by atoms with E-state index in [-0.39, 0.29) is 5.56 Å². The van der Waals surface area contributed by atoms with Crippen molar-refractivity contribution in [3.05, 3.63) is 63.9 Å². The van der Waals surface area contributed by atoms with Crippen molar-refractivity contribution >= 4 is 15.9 Å². The second-order valence-corrected chi connectivity index (χ2v) is 4.87. The van der Waals surface area contributed by atoms with E-state index in [1.165, 1.54) is 18.2 Å². The molecule has 1 unspecified atom stereocenters. The maximum Gasteiger partial charge on any atom is 0.130 e. The first kappa shape index (κ1) is 13.1. The molecule has 0 aliphatic carbocycles. The van der Waals surface area contributed by atoms with Gasteiger partial charge in [-0.3, -0.25) is 4.98 Å². The second-order valence-electron chi connectivity index (χ2n) is 3.96. The molecule has 0 radical (unpaired) electrons. The van der Waals surface area contributed by atoms with E-state index in [1.807, 2.05) is 6.07 Å². The van der Waals surface area contributed by atoms with E-state index in [0.29, 0.717) is 6.42 Å². The van der Waals surface area contributed by atoms with Crippen molar-refractivity contribution in [3.8, 4) is 0 Å². The summed E-state index contributed by atoms with van der Waals surface area (Å²) < 4.78 is 27.9. The van der Waals surface area contributed by atoms with Gasteiger partial charge in [0.2, 0.25) is 0 Å². The Morgan fingerprint density at radius 3 is 2.50 bits per heavy atom. The summed E-state index contributed by atoms with van der Waals surface area (Å²) in [6, 6.07) is 4.82. The third-order valence-corrected chi connectivity index (χ3v) is 3.02. The lowest BCUT2D eigenvalue weighted by Gasteiger charge is -2.13. The lowest BCUT2D eigenvalue weighted by atomic mass is 10.00. The average Bonchev–Trinajstić information content (AvgIpc) is 2.28. The topological polar surface area (TPSA) is 38.9 Å². The van der Waals surface area contributed by atoms with Crippen LogP contribution in [0.2, 0.25) is 0 Å². The molecule has 0 fully saturated rings. The number of aromatic nitrogens is 1. The first-order valence-electron chi connectivity index (χ1n) is 5.37. The van der Waals surface area contributed by atoms with E-state index in [0.717, 1.165) is 10.0 Å². The van der Waals surface area contributed by atoms with E-state index in [2.05, 4.69) is 20.9 Å². The van der Waals surface area contributed by atoms with Gasteiger partial charge in [0.1, 0.15) is 11.6 Å². The van der Waals surface area contributed by atoms with Crippen molar-refractivity contribution in [2.75, 3.05) is 0 Å². The van der Waals surface area contributed by atoms with Crippen LogP contribution in [0.4, 0.5) is 8.78 Å². The van der Waals surface area contributed by atoms with Crippen molar-refractivity contribution in [1.82, 2.24) is 4.98 Å². The van der Waals surface area contributed by atoms with Gasteiger partial charge < -0.3 is 5.73 Å². The maximum atomic E-state index is 13.5. The minimum absolute atomic E-state index is 0.0857. The molecule has 1 aromatic carbocycles. The number of pyridine rings is 1. The van der Waals surface area contributed by atoms with Gasteiger partial charge in [-0.15, -0.1) is 0 Å². The van der Waals surface area contributed by atoms with Crippen LogP contribution >= 0.6 is 15.9 Å². The Morgan fingerprint density at radius 2 is 1.89 bits per heavy atom. The van der Waals surface area contributed by atoms with Crippen LogP contribution in [0.25, 0.3) is 0 Å². The first-order chi connectivity index (χ1) is 8.58. The summed E-state index contributed by atoms with van der Waals surface area (Å²) in [5, 5.41) is 0. The molecule has 0 bridgehead atoms. The quantitative estimate of drug-likeness (QED) is 0.943. The molecule has 18 heavy (non-hydrogen) atoms. The Labute approximate surface area is 112 Å². The van der Waals surface area contributed by atoms with E-state index in [9.17, 15) is 8.78 Å². The smallest absolute Gasteiger partial charge is 0.130 e. The summed E-state index contributed by atoms with van der Waals surface area (Å²) in [6.07, 6.45) is 3.59. The third-order valence-electron chi connectivity index (χ3n) is 2.59. The Kier molecular flexibility index (Phi) is 4.04. The number of nitrogens with zero attached hydrogens (tertiary/aromatic N) is 1. The summed E-state index contributed by atoms with van der Waals surface area (Å²) >= 11 is 3.29. The van der Waals surface area contributed by atoms with Crippen molar-refractivity contribution < 1.29 is 8.78 Å². The number of halogens is 3. The van der Waals surface area contributed by atoms with Gasteiger partial charge in [0, 0.05) is 28.5 Å². The molecule has 0 spiro atoms. The number of nitrogens with two attached hydrogens (primary N) is 1. The van der Waals surface area contributed by atoms with Gasteiger partial charge >= 0.3 is 0 Å². The number of benzene rings is 1. The Bertz CT molecular complexity index is 540. The van der Waals surface area contributed by atoms with E-state index < -0.39 is 17.7 Å². The van der Waals surface area contributed by atoms with Crippen LogP contribution in [-0.4, -0.2) is 4.98 Å². The standard InChI is InChI=1S/C13H11BrF2N2/c14-9-4-8(6-18-7-9)5-12(17)13-10(15)2-1-3-11(13)16/h1-4,6-7,12H,5,17H2. The Hall–Kier alpha value is -1.33. The van der Waals surface area contributed by atoms with Gasteiger partial charge in [-0.05, 0) is 46.1 Å². The average molecular weight is 313 g/mol. The highest BCUT2D eigenvalue weighted by atomic mass is 79.9. The lowest BCUT2D eigenvalue weighted by molar-refractivity contribution is 0.524. The summed E-state index contributed by atoms with van der Waals surface area (Å²) in [6.45, 7) is 0. The molecule has 0 saturated heterocycles. The molecule has 0 aliphatic rings. The van der Waals surface area contributed by atoms with Crippen LogP contribution in [0.15, 0.2) is 41.1 Å². The number of rotatable bonds is 3. The molecule has 1 aromatic heterocycles. The highest BCUT2D eigenvalue weighted by Crippen LogP contribution is 2.22. The molecule has 94 valence electrons. The zero-order valence-corrected chi connectivity index (χ0v) is 11.0. The summed E-state index contributed by atoms with van der Waals surface area (Å²) in [4.78, 5) is 3.99. The predicted octanol–water partition coefficient (Wildman–Crippen LogP) is 3.36. The van der Waals surface area contributed by atoms with Crippen molar-refractivity contribution in [2.45, 2.75) is 12.5 Å². The van der Waals surface area contributed by atoms with Gasteiger partial charge in [-0.2, -0.15) is 0 Å². The fourth-order valence-electron chi connectivity index (χ4n) is 1.79. The summed E-state index contributed by atoms with van der Waals surface area (Å²) in [5.41, 5.74) is 6.59. The van der Waals surface area contributed by atoms with Crippen molar-refractivity contribution in [2.24, 2.45) is 5.73 Å². The molecule has 0 amide bonds. The van der Waals surface area contributed by atoms with Gasteiger partial charge in [0.25, 0.3) is 0 Å². The zero-order valence-electron chi connectivity index (χ0n) is 9.41. The third kappa shape index (κ3) is 2.91. The van der Waals surface area contributed by atoms with Crippen LogP contribution in [0.1, 0.15) is 17.2 Å². The SMILES string of the molecule is NC(Cc1cncc(Br)c1)c1c(F)cccc1F. The Balaban J connectivity index is 2.25. The lowest BCUT2D eigenvalue weighted by Crippen LogP contribution is -2.17. The minimum Gasteiger partial charge on any atom is -0.323 e. The Morgan fingerprint density at radius 1 is 1.22 bits per heavy atom. The molecule has 2 N–H and O–H groups in total. The first-order valence-corrected chi connectivity index (χ1v) is 6.16. The molecule has 1 heterocycles. The maximum absolute atomic E-state index is 13.5. The van der Waals surface area contributed by atoms with E-state index >= 15 is 0 Å². The van der Waals surface area contributed by atoms with Crippen molar-refractivity contribution in [1.29, 1.82) is 0 Å². The van der Waals surface area contributed by atoms with Crippen molar-refractivity contribution in [3.63, 3.8) is 0 Å². The van der Waals surface area contributed by atoms with Crippen LogP contribution < -0.4 is 5.73 Å². The van der Waals surface area contributed by atoms with Gasteiger partial charge in [-0.1, -0.05) is 6.07 Å². The highest BCUT2D eigenvalue weighted by molar-refractivity contribution is 9.10. The molecular formula is C13H11BrF2N2. The molecule has 2 aromatic rings. The minimum atomic E-state index is -0.734. The second kappa shape index (κ2) is 5.54. The van der Waals surface area contributed by atoms with E-state index in [1.54, 1.807) is 12.4 Å². The van der Waals surface area contributed by atoms with Crippen LogP contribution in [0.3, 0.4) is 0 Å². The summed E-state index contributed by atoms with van der Waals surface area (Å²) in [7, 11) is 0. The molecule has 0 aliphatic heterocycles. The zero-order chi connectivity index (χ0) is 13.1. The molecule has 5 heteroatoms. The summed E-state index contributed by atoms with van der Waals surface area (Å²) in [5.74, 6) is -1.24. The van der Waals surface area contributed by atoms with Gasteiger partial charge in [-0.25, -0.2) is 8.78 Å². The van der Waals surface area contributed by atoms with Gasteiger partial charge in [0.05, 0.1) is 0 Å². The van der Waals surface area contributed by atoms with E-state index in [4.69, 9.17) is 5.73 Å². The predicted molar refractivity (Wildman–Crippen MR) is 68.9 cm³/mol. The fraction of sp³-hybridized carbons (Fsp3) is 0.154. The molecular weight excluding hydrogens is 302 g/mol. The monoisotopic (exact) mass is 312 g/mol. The molecule has 0 saturated carbocycles. The largest absolute Gasteiger partial charge is 0.323 e. The molecule has 1 atom stereocenters. The molecule has 2 nitrogen and oxygen atoms in total. The fourth-order valence-corrected chi connectivity index (χ4v) is 2.20. The van der Waals surface area contributed by atoms with Crippen LogP contribution in [-0.2, 0) is 6.42 Å². The van der Waals surface area contributed by atoms with Crippen LogP contribution in [0.5, 0.6) is 0 Å². The molecule has 2 rings (SSSR count). The van der Waals surface area contributed by atoms with Crippen LogP contribution in [0, 0.1) is 11.6 Å².